The summed E-state index contributed by atoms with van der Waals surface area (Å²) < 4.78 is 2.25. The second-order valence-corrected chi connectivity index (χ2v) is 9.21. The molecule has 3 nitrogen and oxygen atoms in total. The van der Waals surface area contributed by atoms with Crippen LogP contribution in [-0.2, 0) is 25.1 Å². The van der Waals surface area contributed by atoms with Crippen LogP contribution in [0.1, 0.15) is 36.3 Å². The largest absolute Gasteiger partial charge is 0.302 e. The van der Waals surface area contributed by atoms with Crippen molar-refractivity contribution in [2.45, 2.75) is 50.6 Å². The monoisotopic (exact) mass is 403 g/mol. The number of thiophene rings is 1. The molecule has 2 aromatic heterocycles. The Morgan fingerprint density at radius 2 is 2.23 bits per heavy atom. The quantitative estimate of drug-likeness (QED) is 0.482. The Hall–Kier alpha value is -1.30. The molecular weight excluding hydrogens is 382 g/mol. The van der Waals surface area contributed by atoms with Crippen LogP contribution in [0, 0.1) is 5.92 Å². The van der Waals surface area contributed by atoms with Crippen LogP contribution in [-0.4, -0.2) is 14.8 Å². The van der Waals surface area contributed by atoms with Gasteiger partial charge in [0.15, 0.2) is 11.0 Å². The van der Waals surface area contributed by atoms with Gasteiger partial charge in [0.25, 0.3) is 0 Å². The lowest BCUT2D eigenvalue weighted by Crippen LogP contribution is -2.10. The first-order valence-corrected chi connectivity index (χ1v) is 11.3. The highest BCUT2D eigenvalue weighted by Gasteiger charge is 2.24. The fourth-order valence-corrected chi connectivity index (χ4v) is 5.92. The van der Waals surface area contributed by atoms with Crippen LogP contribution in [0.4, 0.5) is 0 Å². The zero-order valence-electron chi connectivity index (χ0n) is 15.0. The maximum absolute atomic E-state index is 6.09. The van der Waals surface area contributed by atoms with Crippen LogP contribution < -0.4 is 0 Å². The summed E-state index contributed by atoms with van der Waals surface area (Å²) in [6.07, 6.45) is 3.64. The van der Waals surface area contributed by atoms with Crippen molar-refractivity contribution in [2.75, 3.05) is 0 Å². The van der Waals surface area contributed by atoms with E-state index in [1.807, 2.05) is 29.5 Å². The van der Waals surface area contributed by atoms with E-state index in [9.17, 15) is 0 Å². The highest BCUT2D eigenvalue weighted by molar-refractivity contribution is 7.98. The molecule has 0 N–H and O–H groups in total. The molecule has 0 amide bonds. The summed E-state index contributed by atoms with van der Waals surface area (Å²) in [6, 6.07) is 8.01. The molecule has 0 unspecified atom stereocenters. The summed E-state index contributed by atoms with van der Waals surface area (Å²) in [4.78, 5) is 1.54. The maximum atomic E-state index is 6.09. The summed E-state index contributed by atoms with van der Waals surface area (Å²) >= 11 is 9.70. The number of thioether (sulfide) groups is 1. The van der Waals surface area contributed by atoms with E-state index in [1.54, 1.807) is 11.8 Å². The average Bonchev–Trinajstić information content (AvgIpc) is 3.22. The molecule has 0 bridgehead atoms. The average molecular weight is 404 g/mol. The van der Waals surface area contributed by atoms with Gasteiger partial charge in [0.2, 0.25) is 0 Å². The molecule has 136 valence electrons. The normalized spacial score (nSPS) is 16.7. The van der Waals surface area contributed by atoms with Crippen molar-refractivity contribution in [1.82, 2.24) is 14.8 Å². The molecule has 0 aliphatic heterocycles. The Bertz CT molecular complexity index is 916. The molecule has 0 radical (unpaired) electrons. The topological polar surface area (TPSA) is 30.7 Å². The number of hydrogen-bond acceptors (Lipinski definition) is 4. The molecule has 26 heavy (non-hydrogen) atoms. The van der Waals surface area contributed by atoms with Gasteiger partial charge in [0, 0.05) is 33.1 Å². The number of benzene rings is 1. The summed E-state index contributed by atoms with van der Waals surface area (Å²) in [5.74, 6) is 2.66. The van der Waals surface area contributed by atoms with Crippen molar-refractivity contribution in [3.05, 3.63) is 50.7 Å². The van der Waals surface area contributed by atoms with Crippen molar-refractivity contribution in [3.8, 4) is 11.4 Å². The van der Waals surface area contributed by atoms with Crippen molar-refractivity contribution >= 4 is 34.7 Å². The van der Waals surface area contributed by atoms with Gasteiger partial charge >= 0.3 is 0 Å². The first kappa shape index (κ1) is 18.1. The van der Waals surface area contributed by atoms with Gasteiger partial charge in [0.1, 0.15) is 0 Å². The van der Waals surface area contributed by atoms with Crippen LogP contribution in [0.2, 0.25) is 5.02 Å². The van der Waals surface area contributed by atoms with Gasteiger partial charge in [-0.2, -0.15) is 0 Å². The van der Waals surface area contributed by atoms with Gasteiger partial charge in [-0.1, -0.05) is 42.4 Å². The third-order valence-corrected chi connectivity index (χ3v) is 7.26. The smallest absolute Gasteiger partial charge is 0.191 e. The Balaban J connectivity index is 1.59. The lowest BCUT2D eigenvalue weighted by atomic mass is 9.88. The molecule has 1 aliphatic carbocycles. The number of fused-ring (bicyclic) bond motifs is 1. The summed E-state index contributed by atoms with van der Waals surface area (Å²) in [7, 11) is 0. The van der Waals surface area contributed by atoms with Crippen molar-refractivity contribution in [1.29, 1.82) is 0 Å². The van der Waals surface area contributed by atoms with Gasteiger partial charge in [-0.05, 0) is 55.4 Å². The van der Waals surface area contributed by atoms with E-state index in [4.69, 9.17) is 11.6 Å². The lowest BCUT2D eigenvalue weighted by Gasteiger charge is -2.19. The first-order chi connectivity index (χ1) is 12.7. The van der Waals surface area contributed by atoms with E-state index in [1.165, 1.54) is 34.4 Å². The van der Waals surface area contributed by atoms with Crippen LogP contribution in [0.5, 0.6) is 0 Å². The van der Waals surface area contributed by atoms with Gasteiger partial charge in [-0.3, -0.25) is 0 Å². The number of halogens is 1. The van der Waals surface area contributed by atoms with Crippen LogP contribution >= 0.6 is 34.7 Å². The molecular formula is C20H22ClN3S2. The zero-order chi connectivity index (χ0) is 18.1. The minimum atomic E-state index is 0.778. The fraction of sp³-hybridized carbons (Fsp3) is 0.400. The molecule has 0 saturated carbocycles. The van der Waals surface area contributed by atoms with Crippen molar-refractivity contribution in [3.63, 3.8) is 0 Å². The van der Waals surface area contributed by atoms with E-state index < -0.39 is 0 Å². The summed E-state index contributed by atoms with van der Waals surface area (Å²) in [5, 5.41) is 13.1. The maximum Gasteiger partial charge on any atom is 0.191 e. The third kappa shape index (κ3) is 3.57. The zero-order valence-corrected chi connectivity index (χ0v) is 17.4. The molecule has 0 fully saturated rings. The Morgan fingerprint density at radius 3 is 3.04 bits per heavy atom. The number of nitrogens with zero attached hydrogens (tertiary/aromatic N) is 3. The van der Waals surface area contributed by atoms with Crippen molar-refractivity contribution < 1.29 is 0 Å². The number of aromatic nitrogens is 3. The molecule has 6 heteroatoms. The highest BCUT2D eigenvalue weighted by Crippen LogP contribution is 2.38. The van der Waals surface area contributed by atoms with E-state index in [2.05, 4.69) is 40.1 Å². The molecule has 1 aliphatic rings. The molecule has 3 aromatic rings. The molecule has 4 rings (SSSR count). The second kappa shape index (κ2) is 7.75. The predicted molar refractivity (Wildman–Crippen MR) is 111 cm³/mol. The van der Waals surface area contributed by atoms with E-state index in [0.29, 0.717) is 0 Å². The number of hydrogen-bond donors (Lipinski definition) is 0. The minimum absolute atomic E-state index is 0.778. The molecule has 2 heterocycles. The molecule has 1 atom stereocenters. The van der Waals surface area contributed by atoms with Gasteiger partial charge < -0.3 is 4.57 Å². The van der Waals surface area contributed by atoms with E-state index in [0.717, 1.165) is 40.6 Å². The predicted octanol–water partition coefficient (Wildman–Crippen LogP) is 6.10. The molecule has 0 spiro atoms. The second-order valence-electron chi connectivity index (χ2n) is 6.87. The van der Waals surface area contributed by atoms with Crippen LogP contribution in [0.3, 0.4) is 0 Å². The van der Waals surface area contributed by atoms with Gasteiger partial charge in [0.05, 0.1) is 0 Å². The van der Waals surface area contributed by atoms with Crippen LogP contribution in [0.25, 0.3) is 11.4 Å². The van der Waals surface area contributed by atoms with Gasteiger partial charge in [-0.15, -0.1) is 21.5 Å². The SMILES string of the molecule is CCn1c(SCc2cccc(Cl)c2)nnc1-c1csc2c1CC[C@H](C)C2. The molecule has 1 aromatic carbocycles. The number of rotatable bonds is 5. The van der Waals surface area contributed by atoms with E-state index in [-0.39, 0.29) is 0 Å². The summed E-state index contributed by atoms with van der Waals surface area (Å²) in [5.41, 5.74) is 4.00. The van der Waals surface area contributed by atoms with Crippen LogP contribution in [0.15, 0.2) is 34.8 Å². The third-order valence-electron chi connectivity index (χ3n) is 4.93. The summed E-state index contributed by atoms with van der Waals surface area (Å²) in [6.45, 7) is 5.39. The fourth-order valence-electron chi connectivity index (χ4n) is 3.52. The van der Waals surface area contributed by atoms with Crippen molar-refractivity contribution in [2.24, 2.45) is 5.92 Å². The molecule has 0 saturated heterocycles. The lowest BCUT2D eigenvalue weighted by molar-refractivity contribution is 0.508. The van der Waals surface area contributed by atoms with E-state index >= 15 is 0 Å². The Morgan fingerprint density at radius 1 is 1.35 bits per heavy atom. The Kier molecular flexibility index (Phi) is 5.39. The minimum Gasteiger partial charge on any atom is -0.302 e. The Labute approximate surface area is 167 Å². The highest BCUT2D eigenvalue weighted by atomic mass is 35.5. The standard InChI is InChI=1S/C20H22ClN3S2/c1-3-24-19(17-12-25-18-9-13(2)7-8-16(17)18)22-23-20(24)26-11-14-5-4-6-15(21)10-14/h4-6,10,12-13H,3,7-9,11H2,1-2H3/t13-/m0/s1. The first-order valence-electron chi connectivity index (χ1n) is 9.05. The van der Waals surface area contributed by atoms with Gasteiger partial charge in [-0.25, -0.2) is 0 Å².